The van der Waals surface area contributed by atoms with Gasteiger partial charge < -0.3 is 0 Å². The fraction of sp³-hybridized carbons (Fsp3) is 0.333. The maximum atomic E-state index is 10.9. The third-order valence-corrected chi connectivity index (χ3v) is 3.00. The van der Waals surface area contributed by atoms with E-state index >= 15 is 0 Å². The first-order chi connectivity index (χ1) is 6.21. The third kappa shape index (κ3) is 1.63. The van der Waals surface area contributed by atoms with Crippen LogP contribution in [-0.2, 0) is 19.2 Å². The smallest absolute Gasteiger partial charge is 0.279 e. The second-order valence-corrected chi connectivity index (χ2v) is 4.07. The van der Waals surface area contributed by atoms with Crippen molar-refractivity contribution in [3.05, 3.63) is 35.9 Å². The van der Waals surface area contributed by atoms with Gasteiger partial charge in [-0.1, -0.05) is 30.3 Å². The standard InChI is InChI=1S/C9H10O3P/c1-9(7-11-13(10)12-9)8-5-3-2-4-6-8/h2-6H,7H2,1H3. The van der Waals surface area contributed by atoms with Crippen molar-refractivity contribution in [1.29, 1.82) is 0 Å². The van der Waals surface area contributed by atoms with Crippen LogP contribution in [0.1, 0.15) is 12.5 Å². The van der Waals surface area contributed by atoms with Crippen molar-refractivity contribution in [3.8, 4) is 0 Å². The van der Waals surface area contributed by atoms with E-state index < -0.39 is 13.9 Å². The van der Waals surface area contributed by atoms with Crippen LogP contribution in [0.3, 0.4) is 0 Å². The summed E-state index contributed by atoms with van der Waals surface area (Å²) in [7, 11) is -1.93. The minimum absolute atomic E-state index is 0.353. The van der Waals surface area contributed by atoms with Crippen molar-refractivity contribution in [3.63, 3.8) is 0 Å². The molecule has 1 aromatic rings. The van der Waals surface area contributed by atoms with Crippen LogP contribution in [0, 0.1) is 0 Å². The molecule has 69 valence electrons. The third-order valence-electron chi connectivity index (χ3n) is 2.11. The molecule has 1 radical (unpaired) electrons. The monoisotopic (exact) mass is 197 g/mol. The summed E-state index contributed by atoms with van der Waals surface area (Å²) in [5.41, 5.74) is 0.449. The Bertz CT molecular complexity index is 325. The first-order valence-electron chi connectivity index (χ1n) is 4.05. The van der Waals surface area contributed by atoms with Gasteiger partial charge in [-0.05, 0) is 12.5 Å². The van der Waals surface area contributed by atoms with E-state index in [0.29, 0.717) is 6.61 Å². The number of rotatable bonds is 1. The maximum Gasteiger partial charge on any atom is 0.369 e. The lowest BCUT2D eigenvalue weighted by atomic mass is 9.97. The molecule has 1 saturated heterocycles. The van der Waals surface area contributed by atoms with Crippen molar-refractivity contribution < 1.29 is 13.6 Å². The highest BCUT2D eigenvalue weighted by Gasteiger charge is 2.38. The maximum absolute atomic E-state index is 10.9. The molecule has 0 N–H and O–H groups in total. The lowest BCUT2D eigenvalue weighted by Crippen LogP contribution is -2.22. The highest BCUT2D eigenvalue weighted by Crippen LogP contribution is 2.45. The molecule has 4 heteroatoms. The van der Waals surface area contributed by atoms with E-state index in [0.717, 1.165) is 5.56 Å². The summed E-state index contributed by atoms with van der Waals surface area (Å²) in [6, 6.07) is 9.67. The van der Waals surface area contributed by atoms with Crippen LogP contribution in [0.4, 0.5) is 0 Å². The first kappa shape index (κ1) is 8.82. The Hall–Kier alpha value is -0.760. The lowest BCUT2D eigenvalue weighted by Gasteiger charge is -2.19. The molecule has 2 atom stereocenters. The minimum atomic E-state index is -1.93. The van der Waals surface area contributed by atoms with E-state index in [2.05, 4.69) is 0 Å². The van der Waals surface area contributed by atoms with Gasteiger partial charge in [-0.2, -0.15) is 0 Å². The molecule has 2 unspecified atom stereocenters. The number of hydrogen-bond donors (Lipinski definition) is 0. The summed E-state index contributed by atoms with van der Waals surface area (Å²) >= 11 is 0. The molecule has 1 aliphatic rings. The average Bonchev–Trinajstić information content (AvgIpc) is 2.49. The molecule has 0 aromatic heterocycles. The molecule has 1 heterocycles. The van der Waals surface area contributed by atoms with E-state index in [1.165, 1.54) is 0 Å². The molecule has 1 aromatic carbocycles. The van der Waals surface area contributed by atoms with Gasteiger partial charge in [0, 0.05) is 0 Å². The molecule has 0 spiro atoms. The predicted molar refractivity (Wildman–Crippen MR) is 48.4 cm³/mol. The fourth-order valence-electron chi connectivity index (χ4n) is 1.32. The molecular weight excluding hydrogens is 187 g/mol. The summed E-state index contributed by atoms with van der Waals surface area (Å²) in [6.45, 7) is 2.23. The largest absolute Gasteiger partial charge is 0.369 e. The van der Waals surface area contributed by atoms with Gasteiger partial charge >= 0.3 is 8.25 Å². The highest BCUT2D eigenvalue weighted by molar-refractivity contribution is 7.33. The normalized spacial score (nSPS) is 30.7. The molecule has 0 bridgehead atoms. The zero-order chi connectivity index (χ0) is 9.31. The Balaban J connectivity index is 2.31. The topological polar surface area (TPSA) is 35.5 Å². The van der Waals surface area contributed by atoms with Crippen LogP contribution in [0.15, 0.2) is 30.3 Å². The van der Waals surface area contributed by atoms with Crippen LogP contribution in [0.5, 0.6) is 0 Å². The summed E-state index contributed by atoms with van der Waals surface area (Å²) in [6.07, 6.45) is 0. The van der Waals surface area contributed by atoms with Gasteiger partial charge in [-0.25, -0.2) is 4.57 Å². The summed E-state index contributed by atoms with van der Waals surface area (Å²) in [5, 5.41) is 0. The van der Waals surface area contributed by atoms with E-state index in [9.17, 15) is 4.57 Å². The number of hydrogen-bond acceptors (Lipinski definition) is 3. The van der Waals surface area contributed by atoms with Crippen LogP contribution in [-0.4, -0.2) is 6.61 Å². The Morgan fingerprint density at radius 2 is 2.08 bits per heavy atom. The molecule has 13 heavy (non-hydrogen) atoms. The Morgan fingerprint density at radius 3 is 2.62 bits per heavy atom. The van der Waals surface area contributed by atoms with Gasteiger partial charge in [0.25, 0.3) is 0 Å². The van der Waals surface area contributed by atoms with E-state index in [4.69, 9.17) is 9.05 Å². The molecule has 1 aliphatic heterocycles. The second kappa shape index (κ2) is 3.18. The van der Waals surface area contributed by atoms with Crippen molar-refractivity contribution in [2.75, 3.05) is 6.61 Å². The van der Waals surface area contributed by atoms with Crippen molar-refractivity contribution in [1.82, 2.24) is 0 Å². The SMILES string of the molecule is CC1(c2ccccc2)CO[P](=O)O1. The summed E-state index contributed by atoms with van der Waals surface area (Å²) in [4.78, 5) is 0. The van der Waals surface area contributed by atoms with Gasteiger partial charge in [0.2, 0.25) is 0 Å². The zero-order valence-corrected chi connectivity index (χ0v) is 8.16. The quantitative estimate of drug-likeness (QED) is 0.649. The van der Waals surface area contributed by atoms with E-state index in [1.807, 2.05) is 37.3 Å². The first-order valence-corrected chi connectivity index (χ1v) is 5.15. The second-order valence-electron chi connectivity index (χ2n) is 3.19. The van der Waals surface area contributed by atoms with Gasteiger partial charge in [0.05, 0.1) is 6.61 Å². The summed E-state index contributed by atoms with van der Waals surface area (Å²) in [5.74, 6) is 0. The van der Waals surface area contributed by atoms with Gasteiger partial charge in [-0.3, -0.25) is 9.05 Å². The fourth-order valence-corrected chi connectivity index (χ4v) is 2.21. The van der Waals surface area contributed by atoms with E-state index in [-0.39, 0.29) is 0 Å². The molecular formula is C9H10O3P. The summed E-state index contributed by atoms with van der Waals surface area (Å²) < 4.78 is 21.1. The van der Waals surface area contributed by atoms with Gasteiger partial charge in [-0.15, -0.1) is 0 Å². The molecule has 3 nitrogen and oxygen atoms in total. The van der Waals surface area contributed by atoms with Crippen molar-refractivity contribution >= 4 is 8.25 Å². The minimum Gasteiger partial charge on any atom is -0.279 e. The van der Waals surface area contributed by atoms with Crippen molar-refractivity contribution in [2.24, 2.45) is 0 Å². The highest BCUT2D eigenvalue weighted by atomic mass is 31.1. The Kier molecular flexibility index (Phi) is 2.16. The zero-order valence-electron chi connectivity index (χ0n) is 7.27. The van der Waals surface area contributed by atoms with Gasteiger partial charge in [0.15, 0.2) is 0 Å². The van der Waals surface area contributed by atoms with Crippen LogP contribution < -0.4 is 0 Å². The van der Waals surface area contributed by atoms with Crippen LogP contribution in [0.2, 0.25) is 0 Å². The number of benzene rings is 1. The molecule has 0 amide bonds. The molecule has 0 aliphatic carbocycles. The van der Waals surface area contributed by atoms with Crippen LogP contribution >= 0.6 is 8.25 Å². The van der Waals surface area contributed by atoms with Crippen molar-refractivity contribution in [2.45, 2.75) is 12.5 Å². The van der Waals surface area contributed by atoms with Crippen LogP contribution in [0.25, 0.3) is 0 Å². The molecule has 2 rings (SSSR count). The lowest BCUT2D eigenvalue weighted by molar-refractivity contribution is 0.117. The molecule has 1 fully saturated rings. The Labute approximate surface area is 77.6 Å². The van der Waals surface area contributed by atoms with Gasteiger partial charge in [0.1, 0.15) is 5.60 Å². The van der Waals surface area contributed by atoms with E-state index in [1.54, 1.807) is 0 Å². The predicted octanol–water partition coefficient (Wildman–Crippen LogP) is 2.61. The average molecular weight is 197 g/mol. The Morgan fingerprint density at radius 1 is 1.38 bits per heavy atom. The molecule has 0 saturated carbocycles.